The van der Waals surface area contributed by atoms with Crippen LogP contribution in [-0.4, -0.2) is 9.78 Å². The summed E-state index contributed by atoms with van der Waals surface area (Å²) in [6.45, 7) is 5.25. The van der Waals surface area contributed by atoms with Crippen molar-refractivity contribution in [2.45, 2.75) is 26.8 Å². The van der Waals surface area contributed by atoms with Crippen LogP contribution in [0.15, 0.2) is 30.6 Å². The van der Waals surface area contributed by atoms with Gasteiger partial charge in [-0.05, 0) is 25.0 Å². The van der Waals surface area contributed by atoms with Crippen LogP contribution in [0.5, 0.6) is 0 Å². The second-order valence-corrected chi connectivity index (χ2v) is 4.13. The summed E-state index contributed by atoms with van der Waals surface area (Å²) in [5, 5.41) is 4.61. The monoisotopic (exact) mass is 216 g/mol. The summed E-state index contributed by atoms with van der Waals surface area (Å²) in [4.78, 5) is 0. The Kier molecular flexibility index (Phi) is 3.04. The highest BCUT2D eigenvalue weighted by Crippen LogP contribution is 2.17. The summed E-state index contributed by atoms with van der Waals surface area (Å²) in [6, 6.07) is 8.35. The van der Waals surface area contributed by atoms with Gasteiger partial charge in [0.15, 0.2) is 0 Å². The molecule has 0 aliphatic carbocycles. The Bertz CT molecular complexity index is 486. The molecule has 1 aromatic carbocycles. The lowest BCUT2D eigenvalue weighted by Gasteiger charge is -1.98. The molecule has 0 saturated heterocycles. The van der Waals surface area contributed by atoms with Crippen LogP contribution >= 0.6 is 0 Å². The van der Waals surface area contributed by atoms with Gasteiger partial charge in [0.1, 0.15) is 6.54 Å². The summed E-state index contributed by atoms with van der Waals surface area (Å²) >= 11 is 0. The van der Waals surface area contributed by atoms with Crippen LogP contribution in [0.2, 0.25) is 0 Å². The molecule has 0 spiro atoms. The van der Waals surface area contributed by atoms with Crippen LogP contribution in [0.25, 0.3) is 11.4 Å². The van der Waals surface area contributed by atoms with E-state index in [0.717, 1.165) is 18.8 Å². The van der Waals surface area contributed by atoms with Gasteiger partial charge in [0, 0.05) is 5.10 Å². The SMILES string of the molecule is CCCn1c[n+](C)c(-c2ccccc2C)n1. The Morgan fingerprint density at radius 1 is 1.31 bits per heavy atom. The van der Waals surface area contributed by atoms with E-state index in [1.165, 1.54) is 11.1 Å². The first-order chi connectivity index (χ1) is 7.72. The van der Waals surface area contributed by atoms with Gasteiger partial charge in [0.25, 0.3) is 0 Å². The third-order valence-corrected chi connectivity index (χ3v) is 2.70. The average Bonchev–Trinajstić information content (AvgIpc) is 2.61. The molecule has 0 atom stereocenters. The normalized spacial score (nSPS) is 10.7. The maximum absolute atomic E-state index is 4.61. The van der Waals surface area contributed by atoms with Gasteiger partial charge in [-0.3, -0.25) is 0 Å². The molecule has 1 heterocycles. The van der Waals surface area contributed by atoms with Crippen LogP contribution in [0.3, 0.4) is 0 Å². The molecule has 0 fully saturated rings. The van der Waals surface area contributed by atoms with Crippen molar-refractivity contribution >= 4 is 0 Å². The second kappa shape index (κ2) is 4.47. The summed E-state index contributed by atoms with van der Waals surface area (Å²) < 4.78 is 4.08. The molecule has 84 valence electrons. The van der Waals surface area contributed by atoms with E-state index >= 15 is 0 Å². The molecule has 0 aliphatic rings. The number of aromatic nitrogens is 3. The Morgan fingerprint density at radius 2 is 2.06 bits per heavy atom. The maximum Gasteiger partial charge on any atom is 0.308 e. The number of nitrogens with zero attached hydrogens (tertiary/aromatic N) is 3. The lowest BCUT2D eigenvalue weighted by Crippen LogP contribution is -2.28. The molecule has 3 heteroatoms. The number of benzene rings is 1. The zero-order valence-electron chi connectivity index (χ0n) is 10.1. The Balaban J connectivity index is 2.44. The predicted octanol–water partition coefficient (Wildman–Crippen LogP) is 2.09. The van der Waals surface area contributed by atoms with E-state index in [4.69, 9.17) is 0 Å². The van der Waals surface area contributed by atoms with Gasteiger partial charge in [0.2, 0.25) is 6.33 Å². The highest BCUT2D eigenvalue weighted by atomic mass is 15.4. The molecule has 2 rings (SSSR count). The van der Waals surface area contributed by atoms with Gasteiger partial charge in [0.05, 0.1) is 12.6 Å². The standard InChI is InChI=1S/C13H18N3/c1-4-9-16-10-15(3)13(14-16)12-8-6-5-7-11(12)2/h5-8,10H,4,9H2,1-3H3/q+1. The van der Waals surface area contributed by atoms with Gasteiger partial charge in [-0.25, -0.2) is 4.57 Å². The molecule has 0 N–H and O–H groups in total. The van der Waals surface area contributed by atoms with Gasteiger partial charge in [-0.15, -0.1) is 4.68 Å². The molecule has 0 bridgehead atoms. The zero-order chi connectivity index (χ0) is 11.5. The first-order valence-electron chi connectivity index (χ1n) is 5.71. The van der Waals surface area contributed by atoms with Crippen molar-refractivity contribution in [3.05, 3.63) is 36.2 Å². The molecule has 0 amide bonds. The Morgan fingerprint density at radius 3 is 2.75 bits per heavy atom. The van der Waals surface area contributed by atoms with Crippen molar-refractivity contribution in [2.24, 2.45) is 7.05 Å². The molecule has 0 aliphatic heterocycles. The fraction of sp³-hybridized carbons (Fsp3) is 0.385. The average molecular weight is 216 g/mol. The number of rotatable bonds is 3. The summed E-state index contributed by atoms with van der Waals surface area (Å²) in [6.07, 6.45) is 3.15. The van der Waals surface area contributed by atoms with Crippen LogP contribution in [0, 0.1) is 6.92 Å². The lowest BCUT2D eigenvalue weighted by molar-refractivity contribution is -0.661. The van der Waals surface area contributed by atoms with Crippen LogP contribution < -0.4 is 4.57 Å². The van der Waals surface area contributed by atoms with Gasteiger partial charge < -0.3 is 0 Å². The van der Waals surface area contributed by atoms with Gasteiger partial charge >= 0.3 is 5.82 Å². The molecule has 16 heavy (non-hydrogen) atoms. The Labute approximate surface area is 96.4 Å². The third-order valence-electron chi connectivity index (χ3n) is 2.70. The van der Waals surface area contributed by atoms with Crippen molar-refractivity contribution in [3.8, 4) is 11.4 Å². The topological polar surface area (TPSA) is 21.7 Å². The fourth-order valence-corrected chi connectivity index (χ4v) is 1.88. The molecular formula is C13H18N3+. The van der Waals surface area contributed by atoms with Crippen LogP contribution in [0.4, 0.5) is 0 Å². The summed E-state index contributed by atoms with van der Waals surface area (Å²) in [5.41, 5.74) is 2.47. The minimum atomic E-state index is 0.972. The minimum absolute atomic E-state index is 0.972. The molecule has 0 saturated carbocycles. The summed E-state index contributed by atoms with van der Waals surface area (Å²) in [5.74, 6) is 1.03. The largest absolute Gasteiger partial charge is 0.308 e. The fourth-order valence-electron chi connectivity index (χ4n) is 1.88. The maximum atomic E-state index is 4.61. The number of hydrogen-bond acceptors (Lipinski definition) is 1. The molecule has 0 unspecified atom stereocenters. The Hall–Kier alpha value is -1.64. The lowest BCUT2D eigenvalue weighted by atomic mass is 10.1. The van der Waals surface area contributed by atoms with E-state index in [1.807, 2.05) is 18.1 Å². The van der Waals surface area contributed by atoms with Crippen LogP contribution in [-0.2, 0) is 13.6 Å². The van der Waals surface area contributed by atoms with Crippen molar-refractivity contribution in [2.75, 3.05) is 0 Å². The highest BCUT2D eigenvalue weighted by molar-refractivity contribution is 5.56. The van der Waals surface area contributed by atoms with Crippen molar-refractivity contribution in [1.82, 2.24) is 9.78 Å². The third kappa shape index (κ3) is 1.98. The molecule has 3 nitrogen and oxygen atoms in total. The van der Waals surface area contributed by atoms with Crippen LogP contribution in [0.1, 0.15) is 18.9 Å². The molecule has 2 aromatic rings. The quantitative estimate of drug-likeness (QED) is 0.720. The molecule has 0 radical (unpaired) electrons. The second-order valence-electron chi connectivity index (χ2n) is 4.13. The first kappa shape index (κ1) is 10.9. The smallest absolute Gasteiger partial charge is 0.233 e. The van der Waals surface area contributed by atoms with E-state index in [-0.39, 0.29) is 0 Å². The van der Waals surface area contributed by atoms with Crippen molar-refractivity contribution in [3.63, 3.8) is 0 Å². The van der Waals surface area contributed by atoms with Gasteiger partial charge in [-0.1, -0.05) is 25.1 Å². The predicted molar refractivity (Wildman–Crippen MR) is 63.9 cm³/mol. The van der Waals surface area contributed by atoms with E-state index in [2.05, 4.69) is 47.8 Å². The van der Waals surface area contributed by atoms with Crippen molar-refractivity contribution < 1.29 is 4.57 Å². The molecule has 1 aromatic heterocycles. The van der Waals surface area contributed by atoms with E-state index in [9.17, 15) is 0 Å². The number of hydrogen-bond donors (Lipinski definition) is 0. The minimum Gasteiger partial charge on any atom is -0.233 e. The van der Waals surface area contributed by atoms with Crippen molar-refractivity contribution in [1.29, 1.82) is 0 Å². The summed E-state index contributed by atoms with van der Waals surface area (Å²) in [7, 11) is 2.04. The zero-order valence-corrected chi connectivity index (χ0v) is 10.1. The van der Waals surface area contributed by atoms with Gasteiger partial charge in [-0.2, -0.15) is 0 Å². The van der Waals surface area contributed by atoms with E-state index < -0.39 is 0 Å². The number of aryl methyl sites for hydroxylation is 3. The first-order valence-corrected chi connectivity index (χ1v) is 5.71. The van der Waals surface area contributed by atoms with E-state index in [1.54, 1.807) is 0 Å². The molecular weight excluding hydrogens is 198 g/mol. The van der Waals surface area contributed by atoms with E-state index in [0.29, 0.717) is 0 Å². The highest BCUT2D eigenvalue weighted by Gasteiger charge is 2.16.